The number of piperidine rings is 1. The number of esters is 1. The van der Waals surface area contributed by atoms with Crippen LogP contribution in [0, 0.1) is 11.7 Å². The molecule has 0 amide bonds. The van der Waals surface area contributed by atoms with Crippen LogP contribution >= 0.6 is 15.9 Å². The Morgan fingerprint density at radius 1 is 1.33 bits per heavy atom. The number of carbonyl (C=O) groups excluding carboxylic acids is 1. The summed E-state index contributed by atoms with van der Waals surface area (Å²) < 4.78 is 19.9. The molecule has 3 rings (SSSR count). The first-order valence-electron chi connectivity index (χ1n) is 7.40. The highest BCUT2D eigenvalue weighted by molar-refractivity contribution is 9.10. The van der Waals surface area contributed by atoms with Gasteiger partial charge in [0.25, 0.3) is 0 Å². The average molecular weight is 356 g/mol. The van der Waals surface area contributed by atoms with Crippen molar-refractivity contribution in [1.82, 2.24) is 4.90 Å². The van der Waals surface area contributed by atoms with Crippen molar-refractivity contribution < 1.29 is 13.9 Å². The number of halogens is 2. The van der Waals surface area contributed by atoms with Crippen molar-refractivity contribution in [2.24, 2.45) is 5.92 Å². The molecule has 1 atom stereocenters. The van der Waals surface area contributed by atoms with E-state index in [0.717, 1.165) is 54.4 Å². The highest BCUT2D eigenvalue weighted by Crippen LogP contribution is 2.40. The van der Waals surface area contributed by atoms with Gasteiger partial charge in [-0.25, -0.2) is 4.39 Å². The summed E-state index contributed by atoms with van der Waals surface area (Å²) in [7, 11) is 1.44. The lowest BCUT2D eigenvalue weighted by Crippen LogP contribution is -2.38. The Kier molecular flexibility index (Phi) is 4.31. The summed E-state index contributed by atoms with van der Waals surface area (Å²) in [5.41, 5.74) is 1.97. The molecule has 5 heteroatoms. The minimum Gasteiger partial charge on any atom is -0.469 e. The molecular formula is C16H19BrFNO2. The van der Waals surface area contributed by atoms with Gasteiger partial charge in [-0.1, -0.05) is 15.9 Å². The molecule has 1 aromatic rings. The van der Waals surface area contributed by atoms with E-state index in [1.807, 2.05) is 6.07 Å². The van der Waals surface area contributed by atoms with Gasteiger partial charge < -0.3 is 4.74 Å². The second-order valence-corrected chi connectivity index (χ2v) is 6.76. The number of hydrogen-bond acceptors (Lipinski definition) is 3. The third-order valence-corrected chi connectivity index (χ3v) is 5.16. The van der Waals surface area contributed by atoms with Gasteiger partial charge in [-0.2, -0.15) is 0 Å². The molecular weight excluding hydrogens is 337 g/mol. The summed E-state index contributed by atoms with van der Waals surface area (Å²) in [4.78, 5) is 13.9. The predicted molar refractivity (Wildman–Crippen MR) is 81.5 cm³/mol. The molecule has 0 bridgehead atoms. The number of likely N-dealkylation sites (tertiary alicyclic amines) is 1. The fourth-order valence-electron chi connectivity index (χ4n) is 3.63. The Hall–Kier alpha value is -0.940. The zero-order valence-corrected chi connectivity index (χ0v) is 13.7. The highest BCUT2D eigenvalue weighted by Gasteiger charge is 2.34. The number of nitrogens with zero attached hydrogens (tertiary/aromatic N) is 1. The van der Waals surface area contributed by atoms with Crippen LogP contribution < -0.4 is 0 Å². The van der Waals surface area contributed by atoms with Crippen molar-refractivity contribution in [3.63, 3.8) is 0 Å². The molecule has 1 unspecified atom stereocenters. The van der Waals surface area contributed by atoms with Crippen LogP contribution in [0.25, 0.3) is 0 Å². The summed E-state index contributed by atoms with van der Waals surface area (Å²) in [6.45, 7) is 1.67. The lowest BCUT2D eigenvalue weighted by Gasteiger charge is -2.35. The van der Waals surface area contributed by atoms with E-state index in [9.17, 15) is 9.18 Å². The van der Waals surface area contributed by atoms with E-state index in [0.29, 0.717) is 0 Å². The first kappa shape index (κ1) is 15.0. The number of ether oxygens (including phenoxy) is 1. The third kappa shape index (κ3) is 2.86. The molecule has 1 saturated heterocycles. The third-order valence-electron chi connectivity index (χ3n) is 4.71. The van der Waals surface area contributed by atoms with Gasteiger partial charge in [0.2, 0.25) is 0 Å². The first-order chi connectivity index (χ1) is 10.1. The average Bonchev–Trinajstić information content (AvgIpc) is 2.90. The fraction of sp³-hybridized carbons (Fsp3) is 0.562. The number of benzene rings is 1. The van der Waals surface area contributed by atoms with E-state index in [4.69, 9.17) is 4.74 Å². The Bertz CT molecular complexity index is 555. The number of rotatable bonds is 2. The molecule has 0 N–H and O–H groups in total. The second-order valence-electron chi connectivity index (χ2n) is 5.85. The van der Waals surface area contributed by atoms with E-state index in [2.05, 4.69) is 20.8 Å². The number of hydrogen-bond donors (Lipinski definition) is 0. The molecule has 3 nitrogen and oxygen atoms in total. The molecule has 0 spiro atoms. The Morgan fingerprint density at radius 2 is 2.05 bits per heavy atom. The number of methoxy groups -OCH3 is 1. The van der Waals surface area contributed by atoms with Crippen molar-refractivity contribution in [3.05, 3.63) is 33.5 Å². The second kappa shape index (κ2) is 6.05. The quantitative estimate of drug-likeness (QED) is 0.760. The molecule has 0 aromatic heterocycles. The summed E-state index contributed by atoms with van der Waals surface area (Å²) in [6.07, 6.45) is 3.49. The van der Waals surface area contributed by atoms with Crippen LogP contribution in [-0.2, 0) is 16.0 Å². The predicted octanol–water partition coefficient (Wildman–Crippen LogP) is 3.46. The van der Waals surface area contributed by atoms with Crippen molar-refractivity contribution in [1.29, 1.82) is 0 Å². The van der Waals surface area contributed by atoms with Gasteiger partial charge in [-0.05, 0) is 56.5 Å². The number of fused-ring (bicyclic) bond motifs is 1. The fourth-order valence-corrected chi connectivity index (χ4v) is 4.11. The van der Waals surface area contributed by atoms with Gasteiger partial charge in [-0.3, -0.25) is 9.69 Å². The van der Waals surface area contributed by atoms with E-state index < -0.39 is 0 Å². The molecule has 21 heavy (non-hydrogen) atoms. The van der Waals surface area contributed by atoms with Gasteiger partial charge in [-0.15, -0.1) is 0 Å². The van der Waals surface area contributed by atoms with Gasteiger partial charge in [0.1, 0.15) is 5.82 Å². The van der Waals surface area contributed by atoms with Crippen molar-refractivity contribution in [2.75, 3.05) is 20.2 Å². The molecule has 1 aliphatic heterocycles. The molecule has 1 fully saturated rings. The van der Waals surface area contributed by atoms with Gasteiger partial charge in [0.05, 0.1) is 13.0 Å². The maximum absolute atomic E-state index is 14.3. The summed E-state index contributed by atoms with van der Waals surface area (Å²) in [5.74, 6) is -0.226. The van der Waals surface area contributed by atoms with Crippen molar-refractivity contribution in [3.8, 4) is 0 Å². The van der Waals surface area contributed by atoms with Crippen molar-refractivity contribution in [2.45, 2.75) is 31.7 Å². The standard InChI is InChI=1S/C16H19BrFNO2/c1-21-16(20)10-4-6-19(7-5-10)14-3-2-11-8-12(17)9-13(18)15(11)14/h8-10,14H,2-7H2,1H3. The summed E-state index contributed by atoms with van der Waals surface area (Å²) in [6, 6.07) is 3.74. The lowest BCUT2D eigenvalue weighted by molar-refractivity contribution is -0.147. The molecule has 0 radical (unpaired) electrons. The highest BCUT2D eigenvalue weighted by atomic mass is 79.9. The van der Waals surface area contributed by atoms with Gasteiger partial charge in [0.15, 0.2) is 0 Å². The van der Waals surface area contributed by atoms with E-state index in [1.165, 1.54) is 7.11 Å². The van der Waals surface area contributed by atoms with Crippen LogP contribution in [-0.4, -0.2) is 31.1 Å². The van der Waals surface area contributed by atoms with Crippen molar-refractivity contribution >= 4 is 21.9 Å². The zero-order chi connectivity index (χ0) is 15.0. The van der Waals surface area contributed by atoms with E-state index in [-0.39, 0.29) is 23.7 Å². The molecule has 0 saturated carbocycles. The number of carbonyl (C=O) groups is 1. The van der Waals surface area contributed by atoms with E-state index >= 15 is 0 Å². The molecule has 1 heterocycles. The molecule has 1 aromatic carbocycles. The van der Waals surface area contributed by atoms with Crippen LogP contribution in [0.15, 0.2) is 16.6 Å². The largest absolute Gasteiger partial charge is 0.469 e. The van der Waals surface area contributed by atoms with Crippen LogP contribution in [0.4, 0.5) is 4.39 Å². The first-order valence-corrected chi connectivity index (χ1v) is 8.19. The topological polar surface area (TPSA) is 29.5 Å². The number of aryl methyl sites for hydroxylation is 1. The maximum atomic E-state index is 14.3. The summed E-state index contributed by atoms with van der Waals surface area (Å²) in [5, 5.41) is 0. The minimum atomic E-state index is -0.114. The molecule has 1 aliphatic carbocycles. The van der Waals surface area contributed by atoms with Crippen LogP contribution in [0.3, 0.4) is 0 Å². The molecule has 114 valence electrons. The Balaban J connectivity index is 1.73. The van der Waals surface area contributed by atoms with Crippen LogP contribution in [0.1, 0.15) is 36.4 Å². The summed E-state index contributed by atoms with van der Waals surface area (Å²) >= 11 is 3.36. The smallest absolute Gasteiger partial charge is 0.308 e. The lowest BCUT2D eigenvalue weighted by atomic mass is 9.94. The Morgan fingerprint density at radius 3 is 2.71 bits per heavy atom. The normalized spacial score (nSPS) is 23.1. The van der Waals surface area contributed by atoms with Gasteiger partial charge in [0, 0.05) is 16.1 Å². The minimum absolute atomic E-state index is 0.00175. The monoisotopic (exact) mass is 355 g/mol. The van der Waals surface area contributed by atoms with E-state index in [1.54, 1.807) is 6.07 Å². The molecule has 2 aliphatic rings. The van der Waals surface area contributed by atoms with Gasteiger partial charge >= 0.3 is 5.97 Å². The van der Waals surface area contributed by atoms with Crippen LogP contribution in [0.2, 0.25) is 0 Å². The van der Waals surface area contributed by atoms with Crippen LogP contribution in [0.5, 0.6) is 0 Å². The maximum Gasteiger partial charge on any atom is 0.308 e. The Labute approximate surface area is 132 Å². The SMILES string of the molecule is COC(=O)C1CCN(C2CCc3cc(Br)cc(F)c32)CC1. The zero-order valence-electron chi connectivity index (χ0n) is 12.1.